The summed E-state index contributed by atoms with van der Waals surface area (Å²) in [5.74, 6) is -0.268. The third kappa shape index (κ3) is 2.92. The second-order valence-electron chi connectivity index (χ2n) is 2.48. The van der Waals surface area contributed by atoms with Gasteiger partial charge in [0.25, 0.3) is 0 Å². The Morgan fingerprint density at radius 1 is 1.67 bits per heavy atom. The zero-order valence-electron chi connectivity index (χ0n) is 8.18. The van der Waals surface area contributed by atoms with Gasteiger partial charge >= 0.3 is 5.97 Å². The zero-order chi connectivity index (χ0) is 11.3. The first-order chi connectivity index (χ1) is 7.19. The van der Waals surface area contributed by atoms with Crippen molar-refractivity contribution in [3.05, 3.63) is 30.2 Å². The number of aromatic nitrogens is 2. The molecule has 80 valence electrons. The minimum absolute atomic E-state index is 0.177. The third-order valence-corrected chi connectivity index (χ3v) is 1.79. The number of hydrogen-bond acceptors (Lipinski definition) is 5. The van der Waals surface area contributed by atoms with Crippen LogP contribution in [0.4, 0.5) is 5.82 Å². The lowest BCUT2D eigenvalue weighted by atomic mass is 10.6. The molecule has 15 heavy (non-hydrogen) atoms. The average Bonchev–Trinajstić information content (AvgIpc) is 2.26. The number of halogens is 1. The summed E-state index contributed by atoms with van der Waals surface area (Å²) in [5.41, 5.74) is 0. The molecular formula is C9H10ClN3O2. The van der Waals surface area contributed by atoms with Crippen LogP contribution in [0.3, 0.4) is 0 Å². The standard InChI is InChI=1S/C9H10ClN3O2/c1-3-7(14)15-13(4-2)9-8(10)11-5-6-12-9/h3,5-6H,1,4H2,2H3. The summed E-state index contributed by atoms with van der Waals surface area (Å²) in [7, 11) is 0. The molecule has 1 heterocycles. The molecule has 0 bridgehead atoms. The fraction of sp³-hybridized carbons (Fsp3) is 0.222. The topological polar surface area (TPSA) is 55.3 Å². The summed E-state index contributed by atoms with van der Waals surface area (Å²) in [5, 5.41) is 1.43. The molecule has 6 heteroatoms. The molecule has 0 aliphatic rings. The quantitative estimate of drug-likeness (QED) is 0.578. The lowest BCUT2D eigenvalue weighted by molar-refractivity contribution is -0.139. The summed E-state index contributed by atoms with van der Waals surface area (Å²) in [6, 6.07) is 0. The van der Waals surface area contributed by atoms with Crippen LogP contribution >= 0.6 is 11.6 Å². The first-order valence-electron chi connectivity index (χ1n) is 4.27. The molecule has 0 amide bonds. The van der Waals surface area contributed by atoms with Gasteiger partial charge in [-0.1, -0.05) is 18.2 Å². The van der Waals surface area contributed by atoms with Crippen LogP contribution in [-0.2, 0) is 9.63 Å². The molecule has 0 aliphatic heterocycles. The van der Waals surface area contributed by atoms with Gasteiger partial charge in [0, 0.05) is 18.5 Å². The van der Waals surface area contributed by atoms with Gasteiger partial charge < -0.3 is 4.84 Å². The average molecular weight is 228 g/mol. The highest BCUT2D eigenvalue weighted by molar-refractivity contribution is 6.31. The van der Waals surface area contributed by atoms with Crippen LogP contribution in [0.15, 0.2) is 25.0 Å². The third-order valence-electron chi connectivity index (χ3n) is 1.53. The summed E-state index contributed by atoms with van der Waals surface area (Å²) in [6.07, 6.45) is 3.98. The van der Waals surface area contributed by atoms with E-state index >= 15 is 0 Å². The summed E-state index contributed by atoms with van der Waals surface area (Å²) in [6.45, 7) is 5.50. The van der Waals surface area contributed by atoms with Gasteiger partial charge in [-0.3, -0.25) is 0 Å². The van der Waals surface area contributed by atoms with E-state index in [1.54, 1.807) is 6.92 Å². The second-order valence-corrected chi connectivity index (χ2v) is 2.84. The second kappa shape index (κ2) is 5.31. The molecule has 0 fully saturated rings. The van der Waals surface area contributed by atoms with Crippen LogP contribution < -0.4 is 5.06 Å². The van der Waals surface area contributed by atoms with Gasteiger partial charge in [0.1, 0.15) is 0 Å². The molecule has 0 saturated carbocycles. The first-order valence-corrected chi connectivity index (χ1v) is 4.65. The van der Waals surface area contributed by atoms with Gasteiger partial charge in [-0.05, 0) is 6.92 Å². The Morgan fingerprint density at radius 2 is 2.33 bits per heavy atom. The van der Waals surface area contributed by atoms with Crippen LogP contribution in [0.25, 0.3) is 0 Å². The number of rotatable bonds is 4. The number of anilines is 1. The van der Waals surface area contributed by atoms with Gasteiger partial charge in [-0.2, -0.15) is 5.06 Å². The Bertz CT molecular complexity index is 370. The van der Waals surface area contributed by atoms with E-state index in [0.717, 1.165) is 6.08 Å². The zero-order valence-corrected chi connectivity index (χ0v) is 8.94. The minimum Gasteiger partial charge on any atom is -0.334 e. The molecule has 1 aromatic rings. The molecule has 0 aliphatic carbocycles. The molecule has 0 radical (unpaired) electrons. The van der Waals surface area contributed by atoms with Crippen molar-refractivity contribution in [2.45, 2.75) is 6.92 Å². The van der Waals surface area contributed by atoms with E-state index in [-0.39, 0.29) is 5.15 Å². The van der Waals surface area contributed by atoms with Gasteiger partial charge in [-0.15, -0.1) is 0 Å². The van der Waals surface area contributed by atoms with Crippen LogP contribution in [0.2, 0.25) is 5.15 Å². The van der Waals surface area contributed by atoms with E-state index in [9.17, 15) is 4.79 Å². The molecular weight excluding hydrogens is 218 g/mol. The molecule has 1 aromatic heterocycles. The van der Waals surface area contributed by atoms with E-state index in [4.69, 9.17) is 16.4 Å². The fourth-order valence-corrected chi connectivity index (χ4v) is 1.08. The van der Waals surface area contributed by atoms with E-state index in [2.05, 4.69) is 16.5 Å². The first kappa shape index (κ1) is 11.5. The molecule has 0 unspecified atom stereocenters. The maximum atomic E-state index is 11.0. The highest BCUT2D eigenvalue weighted by atomic mass is 35.5. The summed E-state index contributed by atoms with van der Waals surface area (Å²) >= 11 is 5.79. The summed E-state index contributed by atoms with van der Waals surface area (Å²) < 4.78 is 0. The number of hydroxylamine groups is 1. The van der Waals surface area contributed by atoms with E-state index in [1.165, 1.54) is 17.5 Å². The Balaban J connectivity index is 2.87. The molecule has 0 aromatic carbocycles. The lowest BCUT2D eigenvalue weighted by Gasteiger charge is -2.19. The van der Waals surface area contributed by atoms with E-state index in [0.29, 0.717) is 12.4 Å². The number of carbonyl (C=O) groups is 1. The van der Waals surface area contributed by atoms with Gasteiger partial charge in [0.2, 0.25) is 5.82 Å². The Kier molecular flexibility index (Phi) is 4.05. The van der Waals surface area contributed by atoms with Gasteiger partial charge in [0.15, 0.2) is 5.15 Å². The van der Waals surface area contributed by atoms with Crippen molar-refractivity contribution in [2.24, 2.45) is 0 Å². The molecule has 5 nitrogen and oxygen atoms in total. The van der Waals surface area contributed by atoms with Crippen LogP contribution in [0, 0.1) is 0 Å². The Morgan fingerprint density at radius 3 is 2.87 bits per heavy atom. The SMILES string of the molecule is C=CC(=O)ON(CC)c1nccnc1Cl. The monoisotopic (exact) mass is 227 g/mol. The van der Waals surface area contributed by atoms with Crippen molar-refractivity contribution < 1.29 is 9.63 Å². The molecule has 1 rings (SSSR count). The molecule has 0 atom stereocenters. The number of hydrogen-bond donors (Lipinski definition) is 0. The van der Waals surface area contributed by atoms with Crippen LogP contribution in [0.1, 0.15) is 6.92 Å². The van der Waals surface area contributed by atoms with Crippen LogP contribution in [-0.4, -0.2) is 22.5 Å². The number of carbonyl (C=O) groups excluding carboxylic acids is 1. The van der Waals surface area contributed by atoms with Crippen LogP contribution in [0.5, 0.6) is 0 Å². The predicted octanol–water partition coefficient (Wildman–Crippen LogP) is 1.60. The number of nitrogens with zero attached hydrogens (tertiary/aromatic N) is 3. The maximum Gasteiger partial charge on any atom is 0.355 e. The Hall–Kier alpha value is -1.62. The molecule has 0 spiro atoms. The largest absolute Gasteiger partial charge is 0.355 e. The molecule has 0 N–H and O–H groups in total. The van der Waals surface area contributed by atoms with E-state index < -0.39 is 5.97 Å². The van der Waals surface area contributed by atoms with Crippen molar-refractivity contribution in [3.8, 4) is 0 Å². The Labute approximate surface area is 92.3 Å². The van der Waals surface area contributed by atoms with Crippen molar-refractivity contribution in [1.29, 1.82) is 0 Å². The fourth-order valence-electron chi connectivity index (χ4n) is 0.884. The smallest absolute Gasteiger partial charge is 0.334 e. The van der Waals surface area contributed by atoms with Crippen molar-refractivity contribution in [1.82, 2.24) is 9.97 Å². The maximum absolute atomic E-state index is 11.0. The highest BCUT2D eigenvalue weighted by Gasteiger charge is 2.14. The van der Waals surface area contributed by atoms with Crippen molar-refractivity contribution in [3.63, 3.8) is 0 Å². The predicted molar refractivity (Wildman–Crippen MR) is 56.4 cm³/mol. The highest BCUT2D eigenvalue weighted by Crippen LogP contribution is 2.19. The van der Waals surface area contributed by atoms with Gasteiger partial charge in [0.05, 0.1) is 6.54 Å². The van der Waals surface area contributed by atoms with Crippen molar-refractivity contribution >= 4 is 23.4 Å². The molecule has 0 saturated heterocycles. The van der Waals surface area contributed by atoms with Crippen molar-refractivity contribution in [2.75, 3.05) is 11.6 Å². The van der Waals surface area contributed by atoms with Gasteiger partial charge in [-0.25, -0.2) is 14.8 Å². The van der Waals surface area contributed by atoms with E-state index in [1.807, 2.05) is 0 Å². The lowest BCUT2D eigenvalue weighted by Crippen LogP contribution is -2.27. The normalized spacial score (nSPS) is 9.47. The minimum atomic E-state index is -0.571. The summed E-state index contributed by atoms with van der Waals surface area (Å²) in [4.78, 5) is 23.7.